The van der Waals surface area contributed by atoms with E-state index in [4.69, 9.17) is 4.74 Å². The van der Waals surface area contributed by atoms with E-state index in [0.717, 1.165) is 11.6 Å². The summed E-state index contributed by atoms with van der Waals surface area (Å²) in [5.41, 5.74) is 0.796. The molecule has 43 heavy (non-hydrogen) atoms. The number of hydrogen-bond donors (Lipinski definition) is 1. The number of phenolic OH excluding ortho intramolecular Hbond substituents is 1. The molecule has 2 aliphatic heterocycles. The summed E-state index contributed by atoms with van der Waals surface area (Å²) in [5, 5.41) is 10.9. The van der Waals surface area contributed by atoms with Crippen LogP contribution in [0.4, 0.5) is 14.6 Å². The second-order valence-electron chi connectivity index (χ2n) is 11.3. The zero-order valence-electron chi connectivity index (χ0n) is 24.3. The molecule has 1 amide bonds. The molecule has 0 saturated carbocycles. The second kappa shape index (κ2) is 10.5. The van der Waals surface area contributed by atoms with Gasteiger partial charge in [0.1, 0.15) is 24.0 Å². The molecule has 2 unspecified atom stereocenters. The van der Waals surface area contributed by atoms with E-state index in [9.17, 15) is 14.7 Å². The minimum absolute atomic E-state index is 0.0416. The lowest BCUT2D eigenvalue weighted by Crippen LogP contribution is -2.60. The summed E-state index contributed by atoms with van der Waals surface area (Å²) >= 11 is 0. The average Bonchev–Trinajstić information content (AvgIpc) is 3.12. The lowest BCUT2D eigenvalue weighted by atomic mass is 9.99. The van der Waals surface area contributed by atoms with Crippen LogP contribution in [-0.4, -0.2) is 62.2 Å². The van der Waals surface area contributed by atoms with E-state index >= 15 is 8.78 Å². The Hall–Kier alpha value is -4.80. The van der Waals surface area contributed by atoms with Crippen molar-refractivity contribution in [3.05, 3.63) is 82.6 Å². The van der Waals surface area contributed by atoms with E-state index in [1.165, 1.54) is 28.8 Å². The number of aromatic nitrogens is 3. The molecule has 1 N–H and O–H groups in total. The van der Waals surface area contributed by atoms with Gasteiger partial charge in [0.15, 0.2) is 11.6 Å². The number of benzene rings is 2. The highest BCUT2D eigenvalue weighted by Gasteiger charge is 2.39. The maximum atomic E-state index is 16.6. The topological polar surface area (TPSA) is 101 Å². The molecule has 0 bridgehead atoms. The van der Waals surface area contributed by atoms with Crippen molar-refractivity contribution in [1.29, 1.82) is 0 Å². The number of aromatic hydroxyl groups is 1. The number of hydrogen-bond acceptors (Lipinski definition) is 7. The van der Waals surface area contributed by atoms with Crippen molar-refractivity contribution in [2.24, 2.45) is 0 Å². The summed E-state index contributed by atoms with van der Waals surface area (Å²) in [6.07, 6.45) is 2.90. The van der Waals surface area contributed by atoms with Crippen LogP contribution in [0.3, 0.4) is 0 Å². The first-order valence-electron chi connectivity index (χ1n) is 14.1. The zero-order chi connectivity index (χ0) is 30.7. The summed E-state index contributed by atoms with van der Waals surface area (Å²) in [4.78, 5) is 39.3. The van der Waals surface area contributed by atoms with Gasteiger partial charge in [-0.1, -0.05) is 26.5 Å². The summed E-state index contributed by atoms with van der Waals surface area (Å²) in [6, 6.07) is 6.10. The van der Waals surface area contributed by atoms with Crippen molar-refractivity contribution in [2.75, 3.05) is 24.6 Å². The average molecular weight is 588 g/mol. The van der Waals surface area contributed by atoms with E-state index in [1.54, 1.807) is 17.2 Å². The number of aryl methyl sites for hydroxylation is 1. The summed E-state index contributed by atoms with van der Waals surface area (Å²) in [5.74, 6) is -2.55. The minimum atomic E-state index is -0.903. The summed E-state index contributed by atoms with van der Waals surface area (Å²) < 4.78 is 39.2. The second-order valence-corrected chi connectivity index (χ2v) is 11.3. The molecule has 11 heteroatoms. The number of piperazine rings is 1. The molecule has 2 aromatic carbocycles. The van der Waals surface area contributed by atoms with Gasteiger partial charge in [-0.15, -0.1) is 0 Å². The smallest absolute Gasteiger partial charge is 0.354 e. The monoisotopic (exact) mass is 587 g/mol. The molecule has 1 fully saturated rings. The molecule has 2 aliphatic rings. The molecule has 0 spiro atoms. The molecule has 6 rings (SSSR count). The molecule has 4 heterocycles. The van der Waals surface area contributed by atoms with E-state index in [1.807, 2.05) is 32.6 Å². The molecular formula is C32H31F2N5O4. The Labute approximate surface area is 246 Å². The van der Waals surface area contributed by atoms with Gasteiger partial charge in [-0.25, -0.2) is 13.6 Å². The number of ether oxygens (including phenoxy) is 1. The summed E-state index contributed by atoms with van der Waals surface area (Å²) in [7, 11) is 0. The molecule has 2 atom stereocenters. The van der Waals surface area contributed by atoms with E-state index < -0.39 is 29.1 Å². The van der Waals surface area contributed by atoms with E-state index in [2.05, 4.69) is 16.5 Å². The third kappa shape index (κ3) is 4.41. The maximum absolute atomic E-state index is 16.6. The predicted octanol–water partition coefficient (Wildman–Crippen LogP) is 4.85. The van der Waals surface area contributed by atoms with Gasteiger partial charge in [0.05, 0.1) is 33.9 Å². The molecule has 0 radical (unpaired) electrons. The minimum Gasteiger partial charge on any atom is -0.507 e. The third-order valence-corrected chi connectivity index (χ3v) is 8.23. The number of halogens is 2. The third-order valence-electron chi connectivity index (χ3n) is 8.23. The van der Waals surface area contributed by atoms with Gasteiger partial charge < -0.3 is 19.6 Å². The molecule has 2 aromatic heterocycles. The van der Waals surface area contributed by atoms with Crippen molar-refractivity contribution in [1.82, 2.24) is 19.4 Å². The molecular weight excluding hydrogens is 556 g/mol. The quantitative estimate of drug-likeness (QED) is 0.341. The molecule has 9 nitrogen and oxygen atoms in total. The number of amides is 1. The number of nitrogens with zero attached hydrogens (tertiary/aromatic N) is 5. The predicted molar refractivity (Wildman–Crippen MR) is 159 cm³/mol. The van der Waals surface area contributed by atoms with Gasteiger partial charge in [0.25, 0.3) is 0 Å². The zero-order valence-corrected chi connectivity index (χ0v) is 24.3. The fourth-order valence-electron chi connectivity index (χ4n) is 6.16. The van der Waals surface area contributed by atoms with Crippen molar-refractivity contribution >= 4 is 22.6 Å². The van der Waals surface area contributed by atoms with Crippen LogP contribution in [0.5, 0.6) is 11.5 Å². The number of fused-ring (bicyclic) bond motifs is 2. The summed E-state index contributed by atoms with van der Waals surface area (Å²) in [6.45, 7) is 11.7. The highest BCUT2D eigenvalue weighted by atomic mass is 19.1. The highest BCUT2D eigenvalue weighted by molar-refractivity contribution is 6.00. The Balaban J connectivity index is 1.72. The molecule has 222 valence electrons. The highest BCUT2D eigenvalue weighted by Crippen LogP contribution is 2.45. The van der Waals surface area contributed by atoms with Crippen molar-refractivity contribution in [3.8, 4) is 28.3 Å². The Kier molecular flexibility index (Phi) is 6.90. The molecule has 0 aliphatic carbocycles. The van der Waals surface area contributed by atoms with Crippen LogP contribution in [-0.2, 0) is 4.79 Å². The molecule has 1 saturated heterocycles. The largest absolute Gasteiger partial charge is 0.507 e. The number of rotatable bonds is 4. The number of carbonyl (C=O) groups is 1. The van der Waals surface area contributed by atoms with Crippen LogP contribution in [0.1, 0.15) is 37.9 Å². The first-order chi connectivity index (χ1) is 20.5. The Morgan fingerprint density at radius 3 is 2.70 bits per heavy atom. The van der Waals surface area contributed by atoms with Crippen LogP contribution in [0.25, 0.3) is 27.7 Å². The van der Waals surface area contributed by atoms with E-state index in [-0.39, 0.29) is 64.6 Å². The fraction of sp³-hybridized carbons (Fsp3) is 0.312. The van der Waals surface area contributed by atoms with Gasteiger partial charge in [-0.3, -0.25) is 14.3 Å². The fourth-order valence-corrected chi connectivity index (χ4v) is 6.16. The molecule has 4 aromatic rings. The Morgan fingerprint density at radius 2 is 2.00 bits per heavy atom. The Bertz CT molecular complexity index is 1850. The van der Waals surface area contributed by atoms with Crippen LogP contribution < -0.4 is 15.3 Å². The van der Waals surface area contributed by atoms with Crippen LogP contribution in [0, 0.1) is 18.6 Å². The lowest BCUT2D eigenvalue weighted by molar-refractivity contribution is -0.129. The maximum Gasteiger partial charge on any atom is 0.354 e. The van der Waals surface area contributed by atoms with Crippen molar-refractivity contribution in [2.45, 2.75) is 45.7 Å². The SMILES string of the molecule is C=CC(=O)N1CC2COc3c(F)c(-c4c(O)cccc4F)cc4c3c(nc(=O)n4-c3c(C)ccnc3C(C)C)N2CC1C. The number of carbonyl (C=O) groups excluding carboxylic acids is 1. The van der Waals surface area contributed by atoms with Gasteiger partial charge >= 0.3 is 5.69 Å². The van der Waals surface area contributed by atoms with Crippen molar-refractivity contribution < 1.29 is 23.4 Å². The van der Waals surface area contributed by atoms with Gasteiger partial charge in [0, 0.05) is 30.9 Å². The Morgan fingerprint density at radius 1 is 1.23 bits per heavy atom. The van der Waals surface area contributed by atoms with Crippen LogP contribution in [0.15, 0.2) is 54.0 Å². The van der Waals surface area contributed by atoms with Gasteiger partial charge in [-0.2, -0.15) is 4.98 Å². The first kappa shape index (κ1) is 28.3. The first-order valence-corrected chi connectivity index (χ1v) is 14.1. The van der Waals surface area contributed by atoms with Crippen LogP contribution >= 0.6 is 0 Å². The number of phenols is 1. The number of pyridine rings is 1. The van der Waals surface area contributed by atoms with Gasteiger partial charge in [0.2, 0.25) is 5.91 Å². The standard InChI is InChI=1S/C32H31F2N5O4/c1-6-24(41)37-14-19-15-43-30-26-22(12-20(27(30)34)25-21(33)8-7-9-23(25)40)39(29-17(4)10-11-35-28(29)16(2)3)32(42)36-31(26)38(19)13-18(37)5/h6-12,16,18-19,40H,1,13-15H2,2-5H3. The van der Waals surface area contributed by atoms with E-state index in [0.29, 0.717) is 17.9 Å². The normalized spacial score (nSPS) is 17.9. The lowest BCUT2D eigenvalue weighted by Gasteiger charge is -2.44. The van der Waals surface area contributed by atoms with Crippen LogP contribution in [0.2, 0.25) is 0 Å². The van der Waals surface area contributed by atoms with Crippen molar-refractivity contribution in [3.63, 3.8) is 0 Å². The number of anilines is 1. The van der Waals surface area contributed by atoms with Gasteiger partial charge in [-0.05, 0) is 55.7 Å².